The molecule has 0 saturated carbocycles. The van der Waals surface area contributed by atoms with Crippen LogP contribution in [0.15, 0.2) is 48.5 Å². The van der Waals surface area contributed by atoms with Gasteiger partial charge in [-0.2, -0.15) is 0 Å². The third-order valence-corrected chi connectivity index (χ3v) is 6.90. The Morgan fingerprint density at radius 3 is 2.30 bits per heavy atom. The van der Waals surface area contributed by atoms with E-state index < -0.39 is 24.2 Å². The van der Waals surface area contributed by atoms with E-state index in [1.54, 1.807) is 0 Å². The number of hydrogen-bond donors (Lipinski definition) is 2. The number of nitrogens with one attached hydrogen (secondary N) is 1. The first kappa shape index (κ1) is 21.5. The second-order valence-corrected chi connectivity index (χ2v) is 8.72. The van der Waals surface area contributed by atoms with Gasteiger partial charge in [-0.15, -0.1) is 0 Å². The van der Waals surface area contributed by atoms with Crippen molar-refractivity contribution >= 4 is 18.0 Å². The Morgan fingerprint density at radius 2 is 1.70 bits per heavy atom. The minimum absolute atomic E-state index is 0.0216. The molecule has 2 amide bonds. The smallest absolute Gasteiger partial charge is 0.407 e. The van der Waals surface area contributed by atoms with E-state index in [1.807, 2.05) is 24.3 Å². The summed E-state index contributed by atoms with van der Waals surface area (Å²) in [5, 5.41) is 12.0. The molecule has 2 aromatic carbocycles. The highest BCUT2D eigenvalue weighted by molar-refractivity contribution is 5.88. The maximum Gasteiger partial charge on any atom is 0.407 e. The molecule has 5 rings (SSSR count). The van der Waals surface area contributed by atoms with Crippen molar-refractivity contribution in [1.82, 2.24) is 10.2 Å². The van der Waals surface area contributed by atoms with Gasteiger partial charge >= 0.3 is 12.1 Å². The number of alkyl carbamates (subject to hydrolysis) is 1. The molecule has 172 valence electrons. The van der Waals surface area contributed by atoms with Crippen molar-refractivity contribution in [3.05, 3.63) is 59.7 Å². The number of amides is 2. The van der Waals surface area contributed by atoms with E-state index in [9.17, 15) is 19.5 Å². The molecule has 0 bridgehead atoms. The van der Waals surface area contributed by atoms with Crippen molar-refractivity contribution in [2.75, 3.05) is 26.3 Å². The molecule has 2 heterocycles. The second kappa shape index (κ2) is 8.86. The molecular formula is C25H26N2O6. The molecule has 0 spiro atoms. The summed E-state index contributed by atoms with van der Waals surface area (Å²) in [6.45, 7) is 1.28. The maximum absolute atomic E-state index is 12.7. The lowest BCUT2D eigenvalue weighted by Crippen LogP contribution is -2.59. The number of ether oxygens (including phenoxy) is 2. The van der Waals surface area contributed by atoms with Crippen LogP contribution in [0.1, 0.15) is 29.9 Å². The summed E-state index contributed by atoms with van der Waals surface area (Å²) in [5.41, 5.74) is 4.61. The Kier molecular flexibility index (Phi) is 5.76. The first-order valence-corrected chi connectivity index (χ1v) is 11.3. The van der Waals surface area contributed by atoms with E-state index in [4.69, 9.17) is 9.47 Å². The minimum atomic E-state index is -0.999. The summed E-state index contributed by atoms with van der Waals surface area (Å²) in [6, 6.07) is 15.5. The van der Waals surface area contributed by atoms with Crippen molar-refractivity contribution in [3.8, 4) is 11.1 Å². The molecule has 2 N–H and O–H groups in total. The molecule has 2 aliphatic heterocycles. The van der Waals surface area contributed by atoms with Crippen LogP contribution in [0.2, 0.25) is 0 Å². The van der Waals surface area contributed by atoms with Gasteiger partial charge in [0.15, 0.2) is 0 Å². The number of aliphatic carboxylic acids is 1. The van der Waals surface area contributed by atoms with Gasteiger partial charge in [0.2, 0.25) is 0 Å². The maximum atomic E-state index is 12.7. The molecule has 0 radical (unpaired) electrons. The van der Waals surface area contributed by atoms with Gasteiger partial charge in [0, 0.05) is 31.5 Å². The zero-order valence-electron chi connectivity index (χ0n) is 18.1. The first-order chi connectivity index (χ1) is 16.0. The molecule has 2 aromatic rings. The summed E-state index contributed by atoms with van der Waals surface area (Å²) in [4.78, 5) is 37.8. The number of carbonyl (C=O) groups excluding carboxylic acids is 2. The van der Waals surface area contributed by atoms with E-state index in [2.05, 4.69) is 29.6 Å². The van der Waals surface area contributed by atoms with Gasteiger partial charge in [-0.05, 0) is 35.1 Å². The van der Waals surface area contributed by atoms with Crippen molar-refractivity contribution in [2.24, 2.45) is 5.92 Å². The van der Waals surface area contributed by atoms with E-state index in [0.29, 0.717) is 26.0 Å². The quantitative estimate of drug-likeness (QED) is 0.701. The number of benzene rings is 2. The Hall–Kier alpha value is -3.39. The van der Waals surface area contributed by atoms with Gasteiger partial charge in [-0.25, -0.2) is 9.59 Å². The lowest BCUT2D eigenvalue weighted by Gasteiger charge is -2.39. The third-order valence-electron chi connectivity index (χ3n) is 6.90. The van der Waals surface area contributed by atoms with Crippen molar-refractivity contribution < 1.29 is 29.0 Å². The van der Waals surface area contributed by atoms with Crippen molar-refractivity contribution in [1.29, 1.82) is 0 Å². The van der Waals surface area contributed by atoms with Crippen LogP contribution in [0.25, 0.3) is 11.1 Å². The number of likely N-dealkylation sites (tertiary alicyclic amines) is 1. The fraction of sp³-hybridized carbons (Fsp3) is 0.400. The molecule has 0 aromatic heterocycles. The van der Waals surface area contributed by atoms with Crippen LogP contribution in [0.3, 0.4) is 0 Å². The minimum Gasteiger partial charge on any atom is -0.480 e. The molecular weight excluding hydrogens is 424 g/mol. The third kappa shape index (κ3) is 3.95. The number of rotatable bonds is 6. The van der Waals surface area contributed by atoms with Crippen LogP contribution >= 0.6 is 0 Å². The number of carbonyl (C=O) groups is 3. The summed E-state index contributed by atoms with van der Waals surface area (Å²) in [5.74, 6) is -1.55. The molecule has 2 fully saturated rings. The Balaban J connectivity index is 1.16. The monoisotopic (exact) mass is 450 g/mol. The highest BCUT2D eigenvalue weighted by atomic mass is 16.5. The Morgan fingerprint density at radius 1 is 1.03 bits per heavy atom. The highest BCUT2D eigenvalue weighted by Crippen LogP contribution is 2.44. The Labute approximate surface area is 191 Å². The van der Waals surface area contributed by atoms with Gasteiger partial charge < -0.3 is 24.8 Å². The molecule has 33 heavy (non-hydrogen) atoms. The van der Waals surface area contributed by atoms with E-state index in [1.165, 1.54) is 4.90 Å². The van der Waals surface area contributed by atoms with Crippen LogP contribution < -0.4 is 5.32 Å². The lowest BCUT2D eigenvalue weighted by molar-refractivity contribution is -0.163. The number of carboxylic acid groups (broad SMARTS) is 1. The molecule has 3 aliphatic rings. The summed E-state index contributed by atoms with van der Waals surface area (Å²) in [6.07, 6.45) is -0.203. The highest BCUT2D eigenvalue weighted by Gasteiger charge is 2.44. The zero-order chi connectivity index (χ0) is 22.9. The average molecular weight is 450 g/mol. The topological polar surface area (TPSA) is 105 Å². The zero-order valence-corrected chi connectivity index (χ0v) is 18.1. The molecule has 2 saturated heterocycles. The van der Waals surface area contributed by atoms with Crippen molar-refractivity contribution in [3.63, 3.8) is 0 Å². The van der Waals surface area contributed by atoms with Crippen LogP contribution in [-0.4, -0.2) is 66.4 Å². The molecule has 3 unspecified atom stereocenters. The largest absolute Gasteiger partial charge is 0.480 e. The van der Waals surface area contributed by atoms with Crippen molar-refractivity contribution in [2.45, 2.75) is 30.9 Å². The van der Waals surface area contributed by atoms with Crippen LogP contribution in [0.4, 0.5) is 4.79 Å². The number of nitrogens with zero attached hydrogens (tertiary/aromatic N) is 1. The standard InChI is InChI=1S/C25H26N2O6/c28-23(27-11-9-21(27)24(29)30)22-15(10-12-32-22)13-26-25(31)33-14-20-18-7-3-1-5-16(18)17-6-2-4-8-19(17)20/h1-8,15,20-22H,9-14H2,(H,26,31)(H,29,30). The molecule has 1 aliphatic carbocycles. The number of carboxylic acids is 1. The second-order valence-electron chi connectivity index (χ2n) is 8.72. The molecule has 3 atom stereocenters. The van der Waals surface area contributed by atoms with Crippen LogP contribution in [-0.2, 0) is 19.1 Å². The normalized spacial score (nSPS) is 23.4. The summed E-state index contributed by atoms with van der Waals surface area (Å²) >= 11 is 0. The Bertz CT molecular complexity index is 1040. The first-order valence-electron chi connectivity index (χ1n) is 11.3. The van der Waals surface area contributed by atoms with Gasteiger partial charge in [-0.1, -0.05) is 48.5 Å². The van der Waals surface area contributed by atoms with E-state index >= 15 is 0 Å². The fourth-order valence-electron chi connectivity index (χ4n) is 5.05. The number of fused-ring (bicyclic) bond motifs is 3. The summed E-state index contributed by atoms with van der Waals surface area (Å²) in [7, 11) is 0. The lowest BCUT2D eigenvalue weighted by atomic mass is 9.96. The SMILES string of the molecule is O=C(NCC1CCOC1C(=O)N1CCC1C(=O)O)OCC1c2ccccc2-c2ccccc21. The molecule has 8 heteroatoms. The average Bonchev–Trinajstić information content (AvgIpc) is 3.38. The van der Waals surface area contributed by atoms with Gasteiger partial charge in [0.05, 0.1) is 0 Å². The number of hydrogen-bond acceptors (Lipinski definition) is 5. The fourth-order valence-corrected chi connectivity index (χ4v) is 5.05. The van der Waals surface area contributed by atoms with Crippen LogP contribution in [0, 0.1) is 5.92 Å². The predicted octanol–water partition coefficient (Wildman–Crippen LogP) is 2.62. The van der Waals surface area contributed by atoms with Gasteiger partial charge in [-0.3, -0.25) is 4.79 Å². The van der Waals surface area contributed by atoms with Gasteiger partial charge in [0.25, 0.3) is 5.91 Å². The summed E-state index contributed by atoms with van der Waals surface area (Å²) < 4.78 is 11.1. The van der Waals surface area contributed by atoms with E-state index in [-0.39, 0.29) is 30.9 Å². The van der Waals surface area contributed by atoms with E-state index in [0.717, 1.165) is 22.3 Å². The van der Waals surface area contributed by atoms with Crippen LogP contribution in [0.5, 0.6) is 0 Å². The molecule has 8 nitrogen and oxygen atoms in total. The van der Waals surface area contributed by atoms with Gasteiger partial charge in [0.1, 0.15) is 18.8 Å². The predicted molar refractivity (Wildman–Crippen MR) is 119 cm³/mol.